The Morgan fingerprint density at radius 2 is 1.89 bits per heavy atom. The van der Waals surface area contributed by atoms with Gasteiger partial charge in [0.1, 0.15) is 18.1 Å². The summed E-state index contributed by atoms with van der Waals surface area (Å²) in [5.74, 6) is 1.80. The number of nitrogens with zero attached hydrogens (tertiary/aromatic N) is 1. The van der Waals surface area contributed by atoms with E-state index in [2.05, 4.69) is 17.1 Å². The Hall–Kier alpha value is -1.26. The first-order valence-corrected chi connectivity index (χ1v) is 7.10. The highest BCUT2D eigenvalue weighted by Gasteiger charge is 2.16. The summed E-state index contributed by atoms with van der Waals surface area (Å²) in [5, 5.41) is 3.39. The number of benzene rings is 1. The molecule has 1 atom stereocenters. The third-order valence-corrected chi connectivity index (χ3v) is 3.42. The summed E-state index contributed by atoms with van der Waals surface area (Å²) in [6.45, 7) is 9.90. The zero-order chi connectivity index (χ0) is 13.5. The van der Waals surface area contributed by atoms with Gasteiger partial charge < -0.3 is 14.8 Å². The first kappa shape index (κ1) is 14.2. The fraction of sp³-hybridized carbons (Fsp3) is 0.600. The third-order valence-electron chi connectivity index (χ3n) is 3.42. The van der Waals surface area contributed by atoms with Crippen molar-refractivity contribution in [3.8, 4) is 11.5 Å². The standard InChI is InChI=1S/C15H24N2O2/c1-3-18-14-4-6-15(7-5-14)19-11-10-17-9-8-16-12-13(17)2/h4-7,13,16H,3,8-12H2,1-2H3. The number of hydrogen-bond acceptors (Lipinski definition) is 4. The molecule has 1 aliphatic heterocycles. The summed E-state index contributed by atoms with van der Waals surface area (Å²) in [7, 11) is 0. The minimum atomic E-state index is 0.595. The van der Waals surface area contributed by atoms with Gasteiger partial charge in [0.25, 0.3) is 0 Å². The molecule has 1 aromatic rings. The monoisotopic (exact) mass is 264 g/mol. The summed E-state index contributed by atoms with van der Waals surface area (Å²) < 4.78 is 11.2. The minimum absolute atomic E-state index is 0.595. The second-order valence-electron chi connectivity index (χ2n) is 4.84. The number of ether oxygens (including phenoxy) is 2. The predicted octanol–water partition coefficient (Wildman–Crippen LogP) is 1.76. The molecule has 1 N–H and O–H groups in total. The molecular weight excluding hydrogens is 240 g/mol. The molecule has 1 saturated heterocycles. The quantitative estimate of drug-likeness (QED) is 0.849. The van der Waals surface area contributed by atoms with E-state index in [-0.39, 0.29) is 0 Å². The Balaban J connectivity index is 1.72. The van der Waals surface area contributed by atoms with Crippen molar-refractivity contribution in [3.63, 3.8) is 0 Å². The van der Waals surface area contributed by atoms with Gasteiger partial charge in [0, 0.05) is 32.2 Å². The Kier molecular flexibility index (Phi) is 5.48. The third kappa shape index (κ3) is 4.40. The van der Waals surface area contributed by atoms with E-state index in [1.54, 1.807) is 0 Å². The maximum absolute atomic E-state index is 5.77. The molecule has 0 spiro atoms. The van der Waals surface area contributed by atoms with Crippen molar-refractivity contribution >= 4 is 0 Å². The molecule has 0 bridgehead atoms. The van der Waals surface area contributed by atoms with Crippen molar-refractivity contribution in [2.45, 2.75) is 19.9 Å². The number of rotatable bonds is 6. The normalized spacial score (nSPS) is 20.2. The number of piperazine rings is 1. The van der Waals surface area contributed by atoms with Crippen LogP contribution in [0.4, 0.5) is 0 Å². The Morgan fingerprint density at radius 3 is 2.53 bits per heavy atom. The lowest BCUT2D eigenvalue weighted by Gasteiger charge is -2.33. The van der Waals surface area contributed by atoms with Crippen LogP contribution in [0.25, 0.3) is 0 Å². The molecule has 0 aromatic heterocycles. The van der Waals surface area contributed by atoms with Crippen LogP contribution in [0.1, 0.15) is 13.8 Å². The minimum Gasteiger partial charge on any atom is -0.494 e. The van der Waals surface area contributed by atoms with Crippen LogP contribution >= 0.6 is 0 Å². The lowest BCUT2D eigenvalue weighted by Crippen LogP contribution is -2.50. The molecule has 0 radical (unpaired) electrons. The van der Waals surface area contributed by atoms with E-state index in [1.165, 1.54) is 0 Å². The van der Waals surface area contributed by atoms with Crippen molar-refractivity contribution in [2.24, 2.45) is 0 Å². The molecule has 4 nitrogen and oxygen atoms in total. The summed E-state index contributed by atoms with van der Waals surface area (Å²) in [6.07, 6.45) is 0. The molecule has 0 amide bonds. The summed E-state index contributed by atoms with van der Waals surface area (Å²) in [5.41, 5.74) is 0. The van der Waals surface area contributed by atoms with Gasteiger partial charge in [-0.2, -0.15) is 0 Å². The predicted molar refractivity (Wildman–Crippen MR) is 77.0 cm³/mol. The van der Waals surface area contributed by atoms with E-state index in [9.17, 15) is 0 Å². The molecule has 0 aliphatic carbocycles. The average molecular weight is 264 g/mol. The number of hydrogen-bond donors (Lipinski definition) is 1. The topological polar surface area (TPSA) is 33.7 Å². The van der Waals surface area contributed by atoms with E-state index in [4.69, 9.17) is 9.47 Å². The molecule has 2 rings (SSSR count). The van der Waals surface area contributed by atoms with Crippen molar-refractivity contribution in [1.29, 1.82) is 0 Å². The zero-order valence-corrected chi connectivity index (χ0v) is 11.9. The van der Waals surface area contributed by atoms with Crippen molar-refractivity contribution in [2.75, 3.05) is 39.4 Å². The van der Waals surface area contributed by atoms with Crippen LogP contribution in [0.15, 0.2) is 24.3 Å². The van der Waals surface area contributed by atoms with Gasteiger partial charge in [-0.05, 0) is 38.1 Å². The molecule has 4 heteroatoms. The molecule has 0 saturated carbocycles. The van der Waals surface area contributed by atoms with E-state index in [0.717, 1.165) is 44.3 Å². The van der Waals surface area contributed by atoms with Crippen LogP contribution in [-0.4, -0.2) is 50.3 Å². The Morgan fingerprint density at radius 1 is 1.21 bits per heavy atom. The van der Waals surface area contributed by atoms with Crippen LogP contribution in [0.5, 0.6) is 11.5 Å². The smallest absolute Gasteiger partial charge is 0.119 e. The maximum atomic E-state index is 5.77. The van der Waals surface area contributed by atoms with Gasteiger partial charge in [0.2, 0.25) is 0 Å². The van der Waals surface area contributed by atoms with E-state index in [0.29, 0.717) is 12.6 Å². The molecule has 1 heterocycles. The number of nitrogens with one attached hydrogen (secondary N) is 1. The van der Waals surface area contributed by atoms with Gasteiger partial charge in [-0.25, -0.2) is 0 Å². The molecule has 1 fully saturated rings. The molecular formula is C15H24N2O2. The lowest BCUT2D eigenvalue weighted by molar-refractivity contribution is 0.143. The van der Waals surface area contributed by atoms with Gasteiger partial charge >= 0.3 is 0 Å². The first-order valence-electron chi connectivity index (χ1n) is 7.10. The summed E-state index contributed by atoms with van der Waals surface area (Å²) in [4.78, 5) is 2.46. The van der Waals surface area contributed by atoms with Gasteiger partial charge in [-0.1, -0.05) is 0 Å². The SMILES string of the molecule is CCOc1ccc(OCCN2CCNCC2C)cc1. The summed E-state index contributed by atoms with van der Waals surface area (Å²) in [6, 6.07) is 8.43. The van der Waals surface area contributed by atoms with Crippen LogP contribution in [0.3, 0.4) is 0 Å². The van der Waals surface area contributed by atoms with Crippen LogP contribution in [-0.2, 0) is 0 Å². The van der Waals surface area contributed by atoms with Crippen LogP contribution in [0.2, 0.25) is 0 Å². The summed E-state index contributed by atoms with van der Waals surface area (Å²) >= 11 is 0. The Labute approximate surface area is 115 Å². The van der Waals surface area contributed by atoms with Crippen molar-refractivity contribution < 1.29 is 9.47 Å². The highest BCUT2D eigenvalue weighted by Crippen LogP contribution is 2.17. The highest BCUT2D eigenvalue weighted by atomic mass is 16.5. The fourth-order valence-corrected chi connectivity index (χ4v) is 2.29. The second-order valence-corrected chi connectivity index (χ2v) is 4.84. The largest absolute Gasteiger partial charge is 0.494 e. The van der Waals surface area contributed by atoms with Crippen LogP contribution in [0, 0.1) is 0 Å². The average Bonchev–Trinajstić information content (AvgIpc) is 2.43. The van der Waals surface area contributed by atoms with Crippen molar-refractivity contribution in [1.82, 2.24) is 10.2 Å². The molecule has 1 aromatic carbocycles. The van der Waals surface area contributed by atoms with E-state index < -0.39 is 0 Å². The van der Waals surface area contributed by atoms with Crippen LogP contribution < -0.4 is 14.8 Å². The zero-order valence-electron chi connectivity index (χ0n) is 11.9. The molecule has 106 valence electrons. The molecule has 1 aliphatic rings. The Bertz CT molecular complexity index is 367. The lowest BCUT2D eigenvalue weighted by atomic mass is 10.2. The molecule has 19 heavy (non-hydrogen) atoms. The second kappa shape index (κ2) is 7.36. The van der Waals surface area contributed by atoms with Gasteiger partial charge in [0.05, 0.1) is 6.61 Å². The fourth-order valence-electron chi connectivity index (χ4n) is 2.29. The van der Waals surface area contributed by atoms with E-state index >= 15 is 0 Å². The molecule has 1 unspecified atom stereocenters. The van der Waals surface area contributed by atoms with E-state index in [1.807, 2.05) is 31.2 Å². The van der Waals surface area contributed by atoms with Gasteiger partial charge in [0.15, 0.2) is 0 Å². The first-order chi connectivity index (χ1) is 9.29. The van der Waals surface area contributed by atoms with Gasteiger partial charge in [-0.3, -0.25) is 4.90 Å². The van der Waals surface area contributed by atoms with Gasteiger partial charge in [-0.15, -0.1) is 0 Å². The maximum Gasteiger partial charge on any atom is 0.119 e. The van der Waals surface area contributed by atoms with Crippen molar-refractivity contribution in [3.05, 3.63) is 24.3 Å². The highest BCUT2D eigenvalue weighted by molar-refractivity contribution is 5.31.